The maximum absolute atomic E-state index is 13.4. The first-order valence-electron chi connectivity index (χ1n) is 5.86. The van der Waals surface area contributed by atoms with Crippen LogP contribution in [0.3, 0.4) is 0 Å². The molecule has 2 rings (SSSR count). The highest BCUT2D eigenvalue weighted by Gasteiger charge is 2.14. The molecule has 0 radical (unpaired) electrons. The third-order valence-corrected chi connectivity index (χ3v) is 2.87. The van der Waals surface area contributed by atoms with Crippen LogP contribution in [0.4, 0.5) is 8.78 Å². The fraction of sp³-hybridized carbons (Fsp3) is 0.385. The zero-order chi connectivity index (χ0) is 13.1. The van der Waals surface area contributed by atoms with Crippen molar-refractivity contribution >= 4 is 0 Å². The topological polar surface area (TPSA) is 38.9 Å². The van der Waals surface area contributed by atoms with Crippen LogP contribution in [0, 0.1) is 11.6 Å². The highest BCUT2D eigenvalue weighted by Crippen LogP contribution is 2.19. The molecular formula is C13H14F2N2O. The Hall–Kier alpha value is -1.78. The molecule has 0 amide bonds. The largest absolute Gasteiger partial charge is 0.425 e. The Balaban J connectivity index is 2.16. The Kier molecular flexibility index (Phi) is 3.69. The number of aromatic nitrogens is 2. The summed E-state index contributed by atoms with van der Waals surface area (Å²) in [5.74, 6) is -0.115. The van der Waals surface area contributed by atoms with Crippen LogP contribution >= 0.6 is 0 Å². The molecule has 0 bridgehead atoms. The molecule has 0 spiro atoms. The number of halogens is 2. The van der Waals surface area contributed by atoms with Crippen molar-refractivity contribution in [2.45, 2.75) is 32.6 Å². The lowest BCUT2D eigenvalue weighted by molar-refractivity contribution is 0.423. The molecule has 0 aliphatic carbocycles. The monoisotopic (exact) mass is 252 g/mol. The Morgan fingerprint density at radius 3 is 2.72 bits per heavy atom. The zero-order valence-corrected chi connectivity index (χ0v) is 10.3. The summed E-state index contributed by atoms with van der Waals surface area (Å²) in [7, 11) is 0. The minimum absolute atomic E-state index is 0.176. The van der Waals surface area contributed by atoms with Crippen molar-refractivity contribution < 1.29 is 13.2 Å². The molecule has 1 atom stereocenters. The second-order valence-electron chi connectivity index (χ2n) is 4.26. The minimum Gasteiger partial charge on any atom is -0.425 e. The summed E-state index contributed by atoms with van der Waals surface area (Å²) in [4.78, 5) is 0. The van der Waals surface area contributed by atoms with Gasteiger partial charge >= 0.3 is 0 Å². The number of hydrogen-bond acceptors (Lipinski definition) is 3. The highest BCUT2D eigenvalue weighted by atomic mass is 19.1. The molecule has 5 heteroatoms. The first-order valence-corrected chi connectivity index (χ1v) is 5.86. The van der Waals surface area contributed by atoms with Crippen LogP contribution in [0.25, 0.3) is 0 Å². The number of hydrogen-bond donors (Lipinski definition) is 0. The molecule has 0 saturated heterocycles. The standard InChI is InChI=1S/C13H14F2N2O/c1-3-8(2)13-17-16-12(18-13)6-9-4-5-10(14)7-11(9)15/h4-5,7-8H,3,6H2,1-2H3. The van der Waals surface area contributed by atoms with E-state index in [1.807, 2.05) is 13.8 Å². The summed E-state index contributed by atoms with van der Waals surface area (Å²) in [6.45, 7) is 4.00. The SMILES string of the molecule is CCC(C)c1nnc(Cc2ccc(F)cc2F)o1. The van der Waals surface area contributed by atoms with Crippen molar-refractivity contribution in [3.8, 4) is 0 Å². The number of benzene rings is 1. The summed E-state index contributed by atoms with van der Waals surface area (Å²) in [6, 6.07) is 3.45. The smallest absolute Gasteiger partial charge is 0.221 e. The van der Waals surface area contributed by atoms with E-state index in [1.165, 1.54) is 12.1 Å². The molecule has 0 aliphatic rings. The van der Waals surface area contributed by atoms with E-state index >= 15 is 0 Å². The van der Waals surface area contributed by atoms with Crippen LogP contribution in [0.15, 0.2) is 22.6 Å². The second kappa shape index (κ2) is 5.25. The van der Waals surface area contributed by atoms with Gasteiger partial charge in [0, 0.05) is 12.0 Å². The van der Waals surface area contributed by atoms with Crippen LogP contribution in [0.5, 0.6) is 0 Å². The average Bonchev–Trinajstić information content (AvgIpc) is 2.80. The van der Waals surface area contributed by atoms with Gasteiger partial charge in [0.2, 0.25) is 11.8 Å². The van der Waals surface area contributed by atoms with Crippen molar-refractivity contribution in [3.63, 3.8) is 0 Å². The Labute approximate surface area is 104 Å². The zero-order valence-electron chi connectivity index (χ0n) is 10.3. The quantitative estimate of drug-likeness (QED) is 0.836. The molecule has 1 heterocycles. The molecule has 3 nitrogen and oxygen atoms in total. The van der Waals surface area contributed by atoms with Gasteiger partial charge < -0.3 is 4.42 Å². The number of rotatable bonds is 4. The molecule has 2 aromatic rings. The molecule has 1 aromatic carbocycles. The lowest BCUT2D eigenvalue weighted by Gasteiger charge is -2.01. The normalized spacial score (nSPS) is 12.7. The van der Waals surface area contributed by atoms with Gasteiger partial charge in [-0.05, 0) is 18.1 Å². The fourth-order valence-corrected chi connectivity index (χ4v) is 1.54. The summed E-state index contributed by atoms with van der Waals surface area (Å²) in [5.41, 5.74) is 0.343. The number of nitrogens with zero attached hydrogens (tertiary/aromatic N) is 2. The predicted molar refractivity (Wildman–Crippen MR) is 62.2 cm³/mol. The van der Waals surface area contributed by atoms with E-state index in [0.717, 1.165) is 12.5 Å². The molecular weight excluding hydrogens is 238 g/mol. The molecule has 1 unspecified atom stereocenters. The van der Waals surface area contributed by atoms with E-state index in [2.05, 4.69) is 10.2 Å². The van der Waals surface area contributed by atoms with Crippen molar-refractivity contribution in [2.75, 3.05) is 0 Å². The van der Waals surface area contributed by atoms with Crippen LogP contribution < -0.4 is 0 Å². The lowest BCUT2D eigenvalue weighted by atomic mass is 10.1. The highest BCUT2D eigenvalue weighted by molar-refractivity contribution is 5.21. The van der Waals surface area contributed by atoms with Gasteiger partial charge in [-0.25, -0.2) is 8.78 Å². The summed E-state index contributed by atoms with van der Waals surface area (Å²) in [6.07, 6.45) is 1.07. The van der Waals surface area contributed by atoms with Gasteiger partial charge in [-0.2, -0.15) is 0 Å². The van der Waals surface area contributed by atoms with Crippen molar-refractivity contribution in [1.82, 2.24) is 10.2 Å². The predicted octanol–water partition coefficient (Wildman–Crippen LogP) is 3.45. The first-order chi connectivity index (χ1) is 8.60. The van der Waals surface area contributed by atoms with E-state index in [9.17, 15) is 8.78 Å². The van der Waals surface area contributed by atoms with Crippen molar-refractivity contribution in [2.24, 2.45) is 0 Å². The van der Waals surface area contributed by atoms with Crippen LogP contribution in [-0.2, 0) is 6.42 Å². The van der Waals surface area contributed by atoms with Crippen LogP contribution in [-0.4, -0.2) is 10.2 Å². The van der Waals surface area contributed by atoms with Crippen LogP contribution in [0.1, 0.15) is 43.5 Å². The van der Waals surface area contributed by atoms with Crippen molar-refractivity contribution in [3.05, 3.63) is 47.2 Å². The third-order valence-electron chi connectivity index (χ3n) is 2.87. The summed E-state index contributed by atoms with van der Waals surface area (Å²) >= 11 is 0. The van der Waals surface area contributed by atoms with E-state index < -0.39 is 11.6 Å². The Morgan fingerprint density at radius 1 is 1.28 bits per heavy atom. The lowest BCUT2D eigenvalue weighted by Crippen LogP contribution is -1.94. The van der Waals surface area contributed by atoms with Gasteiger partial charge in [0.05, 0.1) is 6.42 Å². The molecule has 0 N–H and O–H groups in total. The Morgan fingerprint density at radius 2 is 2.06 bits per heavy atom. The Bertz CT molecular complexity index is 540. The van der Waals surface area contributed by atoms with E-state index in [1.54, 1.807) is 0 Å². The first kappa shape index (κ1) is 12.7. The van der Waals surface area contributed by atoms with E-state index in [0.29, 0.717) is 17.3 Å². The minimum atomic E-state index is -0.599. The molecule has 18 heavy (non-hydrogen) atoms. The van der Waals surface area contributed by atoms with Gasteiger partial charge in [-0.1, -0.05) is 19.9 Å². The van der Waals surface area contributed by atoms with Gasteiger partial charge in [-0.3, -0.25) is 0 Å². The maximum atomic E-state index is 13.4. The molecule has 0 saturated carbocycles. The third kappa shape index (κ3) is 2.72. The maximum Gasteiger partial charge on any atom is 0.221 e. The average molecular weight is 252 g/mol. The molecule has 96 valence electrons. The van der Waals surface area contributed by atoms with Gasteiger partial charge in [0.1, 0.15) is 11.6 Å². The summed E-state index contributed by atoms with van der Waals surface area (Å²) in [5, 5.41) is 7.78. The van der Waals surface area contributed by atoms with Gasteiger partial charge in [0.25, 0.3) is 0 Å². The fourth-order valence-electron chi connectivity index (χ4n) is 1.54. The van der Waals surface area contributed by atoms with Crippen LogP contribution in [0.2, 0.25) is 0 Å². The van der Waals surface area contributed by atoms with Crippen molar-refractivity contribution in [1.29, 1.82) is 0 Å². The van der Waals surface area contributed by atoms with Gasteiger partial charge in [-0.15, -0.1) is 10.2 Å². The molecule has 0 aliphatic heterocycles. The summed E-state index contributed by atoms with van der Waals surface area (Å²) < 4.78 is 31.6. The second-order valence-corrected chi connectivity index (χ2v) is 4.26. The molecule has 1 aromatic heterocycles. The molecule has 0 fully saturated rings. The van der Waals surface area contributed by atoms with Gasteiger partial charge in [0.15, 0.2) is 0 Å². The van der Waals surface area contributed by atoms with E-state index in [-0.39, 0.29) is 12.3 Å². The van der Waals surface area contributed by atoms with E-state index in [4.69, 9.17) is 4.42 Å².